The van der Waals surface area contributed by atoms with Crippen LogP contribution >= 0.6 is 11.8 Å². The molecule has 28 heavy (non-hydrogen) atoms. The smallest absolute Gasteiger partial charge is 0.475 e. The van der Waals surface area contributed by atoms with Crippen molar-refractivity contribution >= 4 is 17.7 Å². The topological polar surface area (TPSA) is 49.3 Å². The first kappa shape index (κ1) is 22.2. The number of aliphatic carboxylic acids is 1. The van der Waals surface area contributed by atoms with Crippen LogP contribution in [-0.4, -0.2) is 30.3 Å². The second-order valence-corrected chi connectivity index (χ2v) is 7.10. The van der Waals surface area contributed by atoms with Crippen molar-refractivity contribution in [3.63, 3.8) is 0 Å². The third-order valence-corrected chi connectivity index (χ3v) is 5.19. The molecule has 1 aliphatic heterocycles. The molecular weight excluding hydrogens is 401 g/mol. The molecule has 0 radical (unpaired) electrons. The number of hydrogen-bond acceptors (Lipinski definition) is 3. The van der Waals surface area contributed by atoms with Gasteiger partial charge in [0.25, 0.3) is 0 Å². The molecule has 152 valence electrons. The van der Waals surface area contributed by atoms with Gasteiger partial charge in [-0.3, -0.25) is 0 Å². The number of carboxylic acids is 1. The maximum atomic E-state index is 14.3. The summed E-state index contributed by atoms with van der Waals surface area (Å²) in [5, 5.41) is 10.4. The van der Waals surface area contributed by atoms with Crippen molar-refractivity contribution < 1.29 is 31.9 Å². The van der Waals surface area contributed by atoms with E-state index < -0.39 is 12.1 Å². The van der Waals surface area contributed by atoms with E-state index in [1.165, 1.54) is 23.9 Å². The van der Waals surface area contributed by atoms with E-state index in [4.69, 9.17) is 9.90 Å². The molecule has 0 amide bonds. The van der Waals surface area contributed by atoms with Gasteiger partial charge in [0, 0.05) is 15.4 Å². The number of halogens is 5. The lowest BCUT2D eigenvalue weighted by atomic mass is 9.90. The van der Waals surface area contributed by atoms with E-state index in [1.54, 1.807) is 24.3 Å². The Morgan fingerprint density at radius 1 is 0.964 bits per heavy atom. The Labute approximate surface area is 162 Å². The third-order valence-electron chi connectivity index (χ3n) is 4.06. The second kappa shape index (κ2) is 9.88. The molecule has 0 atom stereocenters. The maximum absolute atomic E-state index is 14.3. The van der Waals surface area contributed by atoms with Gasteiger partial charge in [0.15, 0.2) is 0 Å². The highest BCUT2D eigenvalue weighted by Crippen LogP contribution is 2.39. The highest BCUT2D eigenvalue weighted by molar-refractivity contribution is 7.99. The Hall–Kier alpha value is -2.13. The maximum Gasteiger partial charge on any atom is 0.490 e. The van der Waals surface area contributed by atoms with Crippen LogP contribution in [0.3, 0.4) is 0 Å². The fraction of sp³-hybridized carbons (Fsp3) is 0.316. The first-order valence-corrected chi connectivity index (χ1v) is 9.23. The number of alkyl halides is 3. The van der Waals surface area contributed by atoms with Crippen LogP contribution in [0.4, 0.5) is 22.0 Å². The minimum atomic E-state index is -5.08. The number of carboxylic acid groups (broad SMARTS) is 1. The van der Waals surface area contributed by atoms with Gasteiger partial charge in [-0.1, -0.05) is 30.0 Å². The van der Waals surface area contributed by atoms with Gasteiger partial charge in [0.05, 0.1) is 0 Å². The molecule has 0 aromatic heterocycles. The lowest BCUT2D eigenvalue weighted by Crippen LogP contribution is -2.27. The summed E-state index contributed by atoms with van der Waals surface area (Å²) in [6, 6.07) is 11.7. The molecule has 1 fully saturated rings. The summed E-state index contributed by atoms with van der Waals surface area (Å²) in [7, 11) is 0. The SMILES string of the molecule is Fc1ccccc1Sc1cccc(F)c1C1CCNCC1.O=C(O)C(F)(F)F. The molecule has 1 aliphatic rings. The molecule has 0 saturated carbocycles. The van der Waals surface area contributed by atoms with E-state index in [9.17, 15) is 22.0 Å². The molecule has 2 aromatic carbocycles. The summed E-state index contributed by atoms with van der Waals surface area (Å²) in [6.07, 6.45) is -3.24. The minimum Gasteiger partial charge on any atom is -0.475 e. The van der Waals surface area contributed by atoms with Crippen molar-refractivity contribution in [2.24, 2.45) is 0 Å². The van der Waals surface area contributed by atoms with E-state index in [1.807, 2.05) is 6.07 Å². The number of nitrogens with one attached hydrogen (secondary N) is 1. The highest BCUT2D eigenvalue weighted by Gasteiger charge is 2.38. The summed E-state index contributed by atoms with van der Waals surface area (Å²) in [6.45, 7) is 1.81. The molecule has 0 spiro atoms. The fourth-order valence-corrected chi connectivity index (χ4v) is 3.83. The predicted octanol–water partition coefficient (Wildman–Crippen LogP) is 5.22. The highest BCUT2D eigenvalue weighted by atomic mass is 32.2. The van der Waals surface area contributed by atoms with Gasteiger partial charge < -0.3 is 10.4 Å². The Morgan fingerprint density at radius 2 is 1.50 bits per heavy atom. The van der Waals surface area contributed by atoms with Crippen molar-refractivity contribution in [2.75, 3.05) is 13.1 Å². The Kier molecular flexibility index (Phi) is 7.82. The van der Waals surface area contributed by atoms with Crippen molar-refractivity contribution in [3.05, 3.63) is 59.7 Å². The number of carbonyl (C=O) groups is 1. The predicted molar refractivity (Wildman–Crippen MR) is 95.5 cm³/mol. The van der Waals surface area contributed by atoms with Gasteiger partial charge in [-0.05, 0) is 56.1 Å². The summed E-state index contributed by atoms with van der Waals surface area (Å²) in [5.41, 5.74) is 0.743. The van der Waals surface area contributed by atoms with Crippen LogP contribution in [0, 0.1) is 11.6 Å². The van der Waals surface area contributed by atoms with Crippen LogP contribution in [-0.2, 0) is 4.79 Å². The largest absolute Gasteiger partial charge is 0.490 e. The first-order chi connectivity index (χ1) is 13.2. The van der Waals surface area contributed by atoms with Crippen LogP contribution in [0.1, 0.15) is 24.3 Å². The third kappa shape index (κ3) is 6.20. The molecule has 0 bridgehead atoms. The van der Waals surface area contributed by atoms with E-state index in [2.05, 4.69) is 5.32 Å². The van der Waals surface area contributed by atoms with Gasteiger partial charge in [0.1, 0.15) is 11.6 Å². The van der Waals surface area contributed by atoms with Crippen LogP contribution in [0.2, 0.25) is 0 Å². The number of benzene rings is 2. The Morgan fingerprint density at radius 3 is 2.07 bits per heavy atom. The molecule has 9 heteroatoms. The van der Waals surface area contributed by atoms with Gasteiger partial charge in [-0.15, -0.1) is 0 Å². The van der Waals surface area contributed by atoms with Crippen LogP contribution in [0.5, 0.6) is 0 Å². The molecule has 3 nitrogen and oxygen atoms in total. The van der Waals surface area contributed by atoms with Gasteiger partial charge in [-0.25, -0.2) is 13.6 Å². The molecule has 0 unspecified atom stereocenters. The number of hydrogen-bond donors (Lipinski definition) is 2. The zero-order chi connectivity index (χ0) is 20.7. The van der Waals surface area contributed by atoms with Gasteiger partial charge in [-0.2, -0.15) is 13.2 Å². The van der Waals surface area contributed by atoms with E-state index >= 15 is 0 Å². The van der Waals surface area contributed by atoms with E-state index in [0.29, 0.717) is 4.90 Å². The van der Waals surface area contributed by atoms with E-state index in [0.717, 1.165) is 36.4 Å². The Balaban J connectivity index is 0.000000345. The summed E-state index contributed by atoms with van der Waals surface area (Å²) < 4.78 is 59.9. The minimum absolute atomic E-state index is 0.178. The number of piperidine rings is 1. The van der Waals surface area contributed by atoms with Crippen LogP contribution in [0.25, 0.3) is 0 Å². The number of rotatable bonds is 3. The van der Waals surface area contributed by atoms with Crippen molar-refractivity contribution in [1.29, 1.82) is 0 Å². The molecule has 1 heterocycles. The molecule has 2 aromatic rings. The van der Waals surface area contributed by atoms with Crippen molar-refractivity contribution in [2.45, 2.75) is 34.7 Å². The Bertz CT molecular complexity index is 807. The summed E-state index contributed by atoms with van der Waals surface area (Å²) in [5.74, 6) is -2.99. The average molecular weight is 419 g/mol. The second-order valence-electron chi connectivity index (χ2n) is 6.01. The van der Waals surface area contributed by atoms with Crippen LogP contribution < -0.4 is 5.32 Å². The molecular formula is C19H18F5NO2S. The van der Waals surface area contributed by atoms with Gasteiger partial charge >= 0.3 is 12.1 Å². The van der Waals surface area contributed by atoms with Crippen LogP contribution in [0.15, 0.2) is 52.3 Å². The standard InChI is InChI=1S/C17H17F2NS.C2HF3O2/c18-13-4-1-2-6-15(13)21-16-7-3-5-14(19)17(16)12-8-10-20-11-9-12;3-2(4,5)1(6)7/h1-7,12,20H,8-11H2;(H,6,7). The summed E-state index contributed by atoms with van der Waals surface area (Å²) >= 11 is 1.31. The lowest BCUT2D eigenvalue weighted by Gasteiger charge is -2.25. The first-order valence-electron chi connectivity index (χ1n) is 8.41. The molecule has 2 N–H and O–H groups in total. The molecule has 3 rings (SSSR count). The van der Waals surface area contributed by atoms with Crippen molar-refractivity contribution in [1.82, 2.24) is 5.32 Å². The van der Waals surface area contributed by atoms with E-state index in [-0.39, 0.29) is 17.6 Å². The zero-order valence-corrected chi connectivity index (χ0v) is 15.4. The fourth-order valence-electron chi connectivity index (χ4n) is 2.76. The monoisotopic (exact) mass is 419 g/mol. The molecule has 0 aliphatic carbocycles. The average Bonchev–Trinajstić information content (AvgIpc) is 2.64. The van der Waals surface area contributed by atoms with Gasteiger partial charge in [0.2, 0.25) is 0 Å². The quantitative estimate of drug-likeness (QED) is 0.670. The lowest BCUT2D eigenvalue weighted by molar-refractivity contribution is -0.192. The zero-order valence-electron chi connectivity index (χ0n) is 14.6. The normalized spacial score (nSPS) is 14.9. The molecule has 1 saturated heterocycles. The van der Waals surface area contributed by atoms with Crippen molar-refractivity contribution in [3.8, 4) is 0 Å². The summed E-state index contributed by atoms with van der Waals surface area (Å²) in [4.78, 5) is 10.3.